The number of hydrogen-bond acceptors (Lipinski definition) is 6. The number of hydrogen-bond donors (Lipinski definition) is 4. The molecule has 3 amide bonds. The number of nitrogens with one attached hydrogen (secondary N) is 3. The second-order valence-corrected chi connectivity index (χ2v) is 7.05. The summed E-state index contributed by atoms with van der Waals surface area (Å²) in [5.41, 5.74) is 6.63. The smallest absolute Gasteiger partial charge is 0.333 e. The highest BCUT2D eigenvalue weighted by Gasteiger charge is 2.18. The van der Waals surface area contributed by atoms with Crippen molar-refractivity contribution in [2.45, 2.75) is 11.4 Å². The van der Waals surface area contributed by atoms with Gasteiger partial charge < -0.3 is 21.2 Å². The molecule has 0 aliphatic carbocycles. The Morgan fingerprint density at radius 3 is 2.41 bits per heavy atom. The van der Waals surface area contributed by atoms with E-state index in [2.05, 4.69) is 10.6 Å². The molecular formula is C17H18N4O5S. The van der Waals surface area contributed by atoms with Crippen LogP contribution in [0.3, 0.4) is 0 Å². The summed E-state index contributed by atoms with van der Waals surface area (Å²) in [6, 6.07) is 10.6. The highest BCUT2D eigenvalue weighted by atomic mass is 32.2. The molecule has 0 fully saturated rings. The first-order chi connectivity index (χ1) is 12.9. The molecule has 9 nitrogen and oxygen atoms in total. The van der Waals surface area contributed by atoms with E-state index in [4.69, 9.17) is 5.73 Å². The normalized spacial score (nSPS) is 10.7. The number of nitrogens with two attached hydrogens (primary N) is 1. The van der Waals surface area contributed by atoms with Crippen molar-refractivity contribution >= 4 is 33.9 Å². The van der Waals surface area contributed by atoms with Crippen LogP contribution >= 0.6 is 0 Å². The van der Waals surface area contributed by atoms with Crippen molar-refractivity contribution in [2.75, 3.05) is 11.9 Å². The lowest BCUT2D eigenvalue weighted by Gasteiger charge is -2.10. The number of benzene rings is 2. The molecule has 0 aliphatic rings. The van der Waals surface area contributed by atoms with Crippen LogP contribution in [-0.2, 0) is 21.4 Å². The molecule has 0 unspecified atom stereocenters. The fourth-order valence-corrected chi connectivity index (χ4v) is 3.02. The summed E-state index contributed by atoms with van der Waals surface area (Å²) in [5.74, 6) is -0.501. The Balaban J connectivity index is 2.06. The lowest BCUT2D eigenvalue weighted by Crippen LogP contribution is -2.34. The van der Waals surface area contributed by atoms with Gasteiger partial charge >= 0.3 is 6.03 Å². The van der Waals surface area contributed by atoms with Gasteiger partial charge in [0.05, 0.1) is 11.4 Å². The number of sulfonamides is 1. The second kappa shape index (κ2) is 8.92. The molecule has 0 aliphatic heterocycles. The number of aldehydes is 1. The van der Waals surface area contributed by atoms with Crippen LogP contribution in [0, 0.1) is 0 Å². The maximum atomic E-state index is 12.2. The molecule has 27 heavy (non-hydrogen) atoms. The van der Waals surface area contributed by atoms with Crippen LogP contribution in [0.1, 0.15) is 15.9 Å². The molecule has 0 atom stereocenters. The van der Waals surface area contributed by atoms with Gasteiger partial charge in [0, 0.05) is 17.8 Å². The Kier molecular flexibility index (Phi) is 6.63. The molecule has 0 radical (unpaired) electrons. The fraction of sp³-hybridized carbons (Fsp3) is 0.118. The van der Waals surface area contributed by atoms with E-state index in [1.54, 1.807) is 12.1 Å². The van der Waals surface area contributed by atoms with E-state index < -0.39 is 22.0 Å². The fourth-order valence-electron chi connectivity index (χ4n) is 2.12. The largest absolute Gasteiger partial charge is 0.345 e. The Labute approximate surface area is 156 Å². The highest BCUT2D eigenvalue weighted by Crippen LogP contribution is 2.13. The first-order valence-electron chi connectivity index (χ1n) is 7.80. The predicted octanol–water partition coefficient (Wildman–Crippen LogP) is 0.584. The van der Waals surface area contributed by atoms with Gasteiger partial charge in [-0.1, -0.05) is 18.2 Å². The van der Waals surface area contributed by atoms with E-state index in [1.165, 1.54) is 36.4 Å². The van der Waals surface area contributed by atoms with Crippen LogP contribution < -0.4 is 21.1 Å². The molecule has 0 heterocycles. The van der Waals surface area contributed by atoms with Gasteiger partial charge in [-0.25, -0.2) is 17.9 Å². The number of amides is 3. The van der Waals surface area contributed by atoms with Gasteiger partial charge in [-0.15, -0.1) is 0 Å². The maximum Gasteiger partial charge on any atom is 0.333 e. The van der Waals surface area contributed by atoms with Crippen molar-refractivity contribution in [1.82, 2.24) is 10.0 Å². The third-order valence-electron chi connectivity index (χ3n) is 3.42. The first kappa shape index (κ1) is 20.1. The van der Waals surface area contributed by atoms with Crippen LogP contribution in [0.15, 0.2) is 53.4 Å². The van der Waals surface area contributed by atoms with Crippen molar-refractivity contribution in [2.24, 2.45) is 5.73 Å². The Morgan fingerprint density at radius 1 is 1.07 bits per heavy atom. The standard InChI is InChI=1S/C17H18N4O5S/c18-11-12-4-6-15(7-5-12)27(25,26)21-17(24)20-14-3-1-2-13(10-14)16(23)19-8-9-22/h1-7,9-10H,8,11,18H2,(H,19,23)(H2,20,21,24). The number of rotatable bonds is 7. The molecular weight excluding hydrogens is 372 g/mol. The molecule has 142 valence electrons. The summed E-state index contributed by atoms with van der Waals surface area (Å²) in [7, 11) is -4.06. The lowest BCUT2D eigenvalue weighted by molar-refractivity contribution is -0.107. The molecule has 0 saturated carbocycles. The van der Waals surface area contributed by atoms with E-state index in [-0.39, 0.29) is 29.2 Å². The van der Waals surface area contributed by atoms with Gasteiger partial charge in [0.15, 0.2) is 0 Å². The van der Waals surface area contributed by atoms with Crippen LogP contribution in [0.4, 0.5) is 10.5 Å². The third kappa shape index (κ3) is 5.62. The summed E-state index contributed by atoms with van der Waals surface area (Å²) < 4.78 is 26.3. The van der Waals surface area contributed by atoms with E-state index in [0.717, 1.165) is 5.56 Å². The van der Waals surface area contributed by atoms with E-state index >= 15 is 0 Å². The van der Waals surface area contributed by atoms with Crippen molar-refractivity contribution < 1.29 is 22.8 Å². The van der Waals surface area contributed by atoms with Gasteiger partial charge in [0.2, 0.25) is 0 Å². The van der Waals surface area contributed by atoms with E-state index in [0.29, 0.717) is 6.29 Å². The van der Waals surface area contributed by atoms with Crippen molar-refractivity contribution in [1.29, 1.82) is 0 Å². The Hall–Kier alpha value is -3.24. The number of carbonyl (C=O) groups is 3. The number of anilines is 1. The van der Waals surface area contributed by atoms with E-state index in [1.807, 2.05) is 4.72 Å². The molecule has 10 heteroatoms. The molecule has 2 aromatic rings. The molecule has 0 aromatic heterocycles. The summed E-state index contributed by atoms with van der Waals surface area (Å²) in [4.78, 5) is 34.0. The number of carbonyl (C=O) groups excluding carboxylic acids is 3. The molecule has 2 rings (SSSR count). The molecule has 0 bridgehead atoms. The lowest BCUT2D eigenvalue weighted by atomic mass is 10.2. The quantitative estimate of drug-likeness (QED) is 0.509. The van der Waals surface area contributed by atoms with Crippen LogP contribution in [0.25, 0.3) is 0 Å². The summed E-state index contributed by atoms with van der Waals surface area (Å²) in [6.45, 7) is 0.128. The molecule has 5 N–H and O–H groups in total. The van der Waals surface area contributed by atoms with Gasteiger partial charge in [-0.2, -0.15) is 0 Å². The second-order valence-electron chi connectivity index (χ2n) is 5.37. The van der Waals surface area contributed by atoms with Crippen LogP contribution in [0.5, 0.6) is 0 Å². The van der Waals surface area contributed by atoms with Gasteiger partial charge in [0.1, 0.15) is 6.29 Å². The zero-order valence-electron chi connectivity index (χ0n) is 14.1. The van der Waals surface area contributed by atoms with Gasteiger partial charge in [-0.3, -0.25) is 4.79 Å². The summed E-state index contributed by atoms with van der Waals surface area (Å²) >= 11 is 0. The van der Waals surface area contributed by atoms with Gasteiger partial charge in [-0.05, 0) is 35.9 Å². The van der Waals surface area contributed by atoms with E-state index in [9.17, 15) is 22.8 Å². The molecule has 2 aromatic carbocycles. The summed E-state index contributed by atoms with van der Waals surface area (Å²) in [5, 5.41) is 4.70. The minimum absolute atomic E-state index is 0.0863. The van der Waals surface area contributed by atoms with Crippen molar-refractivity contribution in [3.8, 4) is 0 Å². The first-order valence-corrected chi connectivity index (χ1v) is 9.29. The average Bonchev–Trinajstić information content (AvgIpc) is 2.65. The minimum Gasteiger partial charge on any atom is -0.345 e. The SMILES string of the molecule is NCc1ccc(S(=O)(=O)NC(=O)Nc2cccc(C(=O)NCC=O)c2)cc1. The predicted molar refractivity (Wildman–Crippen MR) is 98.5 cm³/mol. The highest BCUT2D eigenvalue weighted by molar-refractivity contribution is 7.90. The number of urea groups is 1. The van der Waals surface area contributed by atoms with Crippen LogP contribution in [0.2, 0.25) is 0 Å². The topological polar surface area (TPSA) is 147 Å². The summed E-state index contributed by atoms with van der Waals surface area (Å²) in [6.07, 6.45) is 0.540. The monoisotopic (exact) mass is 390 g/mol. The van der Waals surface area contributed by atoms with Crippen molar-refractivity contribution in [3.05, 3.63) is 59.7 Å². The van der Waals surface area contributed by atoms with Crippen molar-refractivity contribution in [3.63, 3.8) is 0 Å². The average molecular weight is 390 g/mol. The maximum absolute atomic E-state index is 12.2. The Morgan fingerprint density at radius 2 is 1.78 bits per heavy atom. The third-order valence-corrected chi connectivity index (χ3v) is 4.77. The zero-order valence-corrected chi connectivity index (χ0v) is 15.0. The zero-order chi connectivity index (χ0) is 19.9. The molecule has 0 saturated heterocycles. The Bertz CT molecular complexity index is 942. The minimum atomic E-state index is -4.06. The molecule has 0 spiro atoms. The van der Waals surface area contributed by atoms with Crippen LogP contribution in [-0.4, -0.2) is 33.2 Å². The van der Waals surface area contributed by atoms with Gasteiger partial charge in [0.25, 0.3) is 15.9 Å².